The van der Waals surface area contributed by atoms with Crippen molar-refractivity contribution in [3.05, 3.63) is 301 Å². The largest absolute Gasteiger partial charge is 0.311 e. The molecule has 2 nitrogen and oxygen atoms in total. The Morgan fingerprint density at radius 1 is 0.275 bits per heavy atom. The molecule has 0 atom stereocenters. The van der Waals surface area contributed by atoms with Crippen LogP contribution >= 0.6 is 0 Å². The molecule has 1 aliphatic rings. The lowest BCUT2D eigenvalue weighted by atomic mass is 9.67. The third-order valence-corrected chi connectivity index (χ3v) is 14.3. The maximum Gasteiger partial charge on any atom is 0.0713 e. The van der Waals surface area contributed by atoms with E-state index in [9.17, 15) is 0 Å². The van der Waals surface area contributed by atoms with E-state index in [1.165, 1.54) is 88.6 Å². The molecule has 13 rings (SSSR count). The summed E-state index contributed by atoms with van der Waals surface area (Å²) in [5.41, 5.74) is 21.3. The highest BCUT2D eigenvalue weighted by Gasteiger charge is 2.45. The predicted octanol–water partition coefficient (Wildman–Crippen LogP) is 17.6. The van der Waals surface area contributed by atoms with Crippen molar-refractivity contribution in [2.24, 2.45) is 0 Å². The fraction of sp³-hybridized carbons (Fsp3) is 0.0149. The number of nitrogens with zero attached hydrogens (tertiary/aromatic N) is 2. The number of fused-ring (bicyclic) bond motifs is 6. The third kappa shape index (κ3) is 6.72. The minimum Gasteiger partial charge on any atom is -0.311 e. The van der Waals surface area contributed by atoms with Crippen molar-refractivity contribution in [3.63, 3.8) is 0 Å². The lowest BCUT2D eigenvalue weighted by Gasteiger charge is -2.34. The number of rotatable bonds is 9. The Kier molecular flexibility index (Phi) is 9.77. The summed E-state index contributed by atoms with van der Waals surface area (Å²) in [4.78, 5) is 2.36. The van der Waals surface area contributed by atoms with Crippen molar-refractivity contribution in [2.75, 3.05) is 4.90 Å². The Hall–Kier alpha value is -8.98. The minimum atomic E-state index is -0.418. The van der Waals surface area contributed by atoms with Crippen LogP contribution in [0.3, 0.4) is 0 Å². The Labute approximate surface area is 403 Å². The van der Waals surface area contributed by atoms with Gasteiger partial charge in [-0.2, -0.15) is 0 Å². The summed E-state index contributed by atoms with van der Waals surface area (Å²) in [5.74, 6) is 0. The van der Waals surface area contributed by atoms with Gasteiger partial charge in [0.1, 0.15) is 0 Å². The lowest BCUT2D eigenvalue weighted by molar-refractivity contribution is 0.768. The van der Waals surface area contributed by atoms with Crippen LogP contribution in [0.15, 0.2) is 279 Å². The maximum atomic E-state index is 2.37. The highest BCUT2D eigenvalue weighted by atomic mass is 15.1. The molecule has 0 bridgehead atoms. The van der Waals surface area contributed by atoms with Gasteiger partial charge in [-0.05, 0) is 133 Å². The zero-order valence-corrected chi connectivity index (χ0v) is 38.0. The van der Waals surface area contributed by atoms with Crippen LogP contribution in [0.1, 0.15) is 22.3 Å². The van der Waals surface area contributed by atoms with E-state index in [2.05, 4.69) is 289 Å². The standard InChI is InChI=1S/C67H46N2/c1-4-16-47(17-5-1)49-30-39-56(40-31-49)68(58-43-34-51(35-44-58)52-36-45-66-62(46-52)61-24-12-15-27-65(61)69(66)55-20-8-3-9-21-55)57-41-32-50(33-42-57)48-28-37-54(38-29-48)67(53-18-6-2-7-19-53)63-25-13-10-22-59(63)60-23-11-14-26-64(60)67/h1-46H. The Morgan fingerprint density at radius 3 is 1.23 bits per heavy atom. The van der Waals surface area contributed by atoms with E-state index in [4.69, 9.17) is 0 Å². The van der Waals surface area contributed by atoms with Crippen LogP contribution in [0, 0.1) is 0 Å². The van der Waals surface area contributed by atoms with Gasteiger partial charge < -0.3 is 9.47 Å². The van der Waals surface area contributed by atoms with Crippen LogP contribution in [0.4, 0.5) is 17.1 Å². The fourth-order valence-electron chi connectivity index (χ4n) is 11.1. The van der Waals surface area contributed by atoms with Crippen LogP contribution < -0.4 is 4.90 Å². The molecule has 69 heavy (non-hydrogen) atoms. The third-order valence-electron chi connectivity index (χ3n) is 14.3. The molecule has 1 aromatic heterocycles. The van der Waals surface area contributed by atoms with Gasteiger partial charge in [0, 0.05) is 33.5 Å². The number of anilines is 3. The van der Waals surface area contributed by atoms with Crippen LogP contribution in [-0.2, 0) is 5.41 Å². The van der Waals surface area contributed by atoms with Crippen molar-refractivity contribution in [1.29, 1.82) is 0 Å². The first-order chi connectivity index (χ1) is 34.2. The molecule has 0 amide bonds. The highest BCUT2D eigenvalue weighted by Crippen LogP contribution is 2.56. The van der Waals surface area contributed by atoms with Gasteiger partial charge in [0.25, 0.3) is 0 Å². The molecule has 0 unspecified atom stereocenters. The van der Waals surface area contributed by atoms with Crippen molar-refractivity contribution in [3.8, 4) is 50.2 Å². The summed E-state index contributed by atoms with van der Waals surface area (Å²) in [6, 6.07) is 102. The summed E-state index contributed by atoms with van der Waals surface area (Å²) in [5, 5.41) is 2.50. The summed E-state index contributed by atoms with van der Waals surface area (Å²) >= 11 is 0. The second-order valence-electron chi connectivity index (χ2n) is 18.0. The van der Waals surface area contributed by atoms with Gasteiger partial charge in [0.15, 0.2) is 0 Å². The van der Waals surface area contributed by atoms with Crippen LogP contribution in [0.25, 0.3) is 72.0 Å². The van der Waals surface area contributed by atoms with E-state index in [-0.39, 0.29) is 0 Å². The number of benzene rings is 11. The molecule has 11 aromatic carbocycles. The van der Waals surface area contributed by atoms with E-state index >= 15 is 0 Å². The zero-order valence-electron chi connectivity index (χ0n) is 38.0. The van der Waals surface area contributed by atoms with Gasteiger partial charge in [0.05, 0.1) is 16.4 Å². The predicted molar refractivity (Wildman–Crippen MR) is 289 cm³/mol. The number of para-hydroxylation sites is 2. The molecule has 1 heterocycles. The van der Waals surface area contributed by atoms with Crippen LogP contribution in [-0.4, -0.2) is 4.57 Å². The Bertz CT molecular complexity index is 3730. The van der Waals surface area contributed by atoms with Gasteiger partial charge in [-0.3, -0.25) is 0 Å². The molecule has 2 heteroatoms. The molecule has 0 aliphatic heterocycles. The number of aromatic nitrogens is 1. The summed E-state index contributed by atoms with van der Waals surface area (Å²) < 4.78 is 2.37. The maximum absolute atomic E-state index is 2.37. The van der Waals surface area contributed by atoms with E-state index in [0.717, 1.165) is 22.7 Å². The molecule has 324 valence electrons. The molecule has 1 aliphatic carbocycles. The van der Waals surface area contributed by atoms with Gasteiger partial charge in [-0.25, -0.2) is 0 Å². The van der Waals surface area contributed by atoms with Crippen molar-refractivity contribution in [2.45, 2.75) is 5.41 Å². The molecular weight excluding hydrogens is 833 g/mol. The quantitative estimate of drug-likeness (QED) is 0.140. The number of hydrogen-bond acceptors (Lipinski definition) is 1. The van der Waals surface area contributed by atoms with Crippen molar-refractivity contribution < 1.29 is 0 Å². The minimum absolute atomic E-state index is 0.418. The SMILES string of the molecule is c1ccc(-c2ccc(N(c3ccc(-c4ccc(C5(c6ccccc6)c6ccccc6-c6ccccc65)cc4)cc3)c3ccc(-c4ccc5c(c4)c4ccccc4n5-c4ccccc4)cc3)cc2)cc1. The molecule has 0 spiro atoms. The van der Waals surface area contributed by atoms with Crippen LogP contribution in [0.2, 0.25) is 0 Å². The van der Waals surface area contributed by atoms with E-state index in [1.54, 1.807) is 0 Å². The molecule has 0 saturated carbocycles. The van der Waals surface area contributed by atoms with Gasteiger partial charge in [-0.15, -0.1) is 0 Å². The fourth-order valence-corrected chi connectivity index (χ4v) is 11.1. The Morgan fingerprint density at radius 2 is 0.667 bits per heavy atom. The normalized spacial score (nSPS) is 12.5. The zero-order chi connectivity index (χ0) is 45.7. The topological polar surface area (TPSA) is 8.17 Å². The van der Waals surface area contributed by atoms with E-state index < -0.39 is 5.41 Å². The second-order valence-corrected chi connectivity index (χ2v) is 18.0. The monoisotopic (exact) mass is 878 g/mol. The summed E-state index contributed by atoms with van der Waals surface area (Å²) in [6.07, 6.45) is 0. The van der Waals surface area contributed by atoms with Gasteiger partial charge in [0.2, 0.25) is 0 Å². The first-order valence-electron chi connectivity index (χ1n) is 23.8. The molecule has 0 saturated heterocycles. The molecule has 0 fully saturated rings. The van der Waals surface area contributed by atoms with Crippen molar-refractivity contribution >= 4 is 38.9 Å². The molecule has 12 aromatic rings. The average molecular weight is 879 g/mol. The second kappa shape index (κ2) is 16.7. The molecular formula is C67H46N2. The highest BCUT2D eigenvalue weighted by molar-refractivity contribution is 6.10. The molecule has 0 N–H and O–H groups in total. The first-order valence-corrected chi connectivity index (χ1v) is 23.8. The molecule has 0 radical (unpaired) electrons. The number of hydrogen-bond donors (Lipinski definition) is 0. The summed E-state index contributed by atoms with van der Waals surface area (Å²) in [7, 11) is 0. The van der Waals surface area contributed by atoms with Crippen molar-refractivity contribution in [1.82, 2.24) is 4.57 Å². The first kappa shape index (κ1) is 40.3. The van der Waals surface area contributed by atoms with Gasteiger partial charge >= 0.3 is 0 Å². The Balaban J connectivity index is 0.858. The lowest BCUT2D eigenvalue weighted by Crippen LogP contribution is -2.28. The van der Waals surface area contributed by atoms with Gasteiger partial charge in [-0.1, -0.05) is 212 Å². The smallest absolute Gasteiger partial charge is 0.0713 e. The van der Waals surface area contributed by atoms with E-state index in [1.807, 2.05) is 0 Å². The average Bonchev–Trinajstić information content (AvgIpc) is 3.93. The van der Waals surface area contributed by atoms with Crippen LogP contribution in [0.5, 0.6) is 0 Å². The van der Waals surface area contributed by atoms with E-state index in [0.29, 0.717) is 0 Å². The summed E-state index contributed by atoms with van der Waals surface area (Å²) in [6.45, 7) is 0.